The molecule has 0 aliphatic rings. The smallest absolute Gasteiger partial charge is 0.363 e. The highest BCUT2D eigenvalue weighted by atomic mass is 16.6. The summed E-state index contributed by atoms with van der Waals surface area (Å²) >= 11 is 0. The van der Waals surface area contributed by atoms with Crippen LogP contribution in [0.15, 0.2) is 18.3 Å². The highest BCUT2D eigenvalue weighted by Crippen LogP contribution is 2.12. The quantitative estimate of drug-likeness (QED) is 0.563. The lowest BCUT2D eigenvalue weighted by molar-refractivity contribution is -0.389. The van der Waals surface area contributed by atoms with Crippen LogP contribution in [0.1, 0.15) is 13.3 Å². The summed E-state index contributed by atoms with van der Waals surface area (Å²) in [4.78, 5) is 13.4. The third-order valence-electron chi connectivity index (χ3n) is 2.02. The van der Waals surface area contributed by atoms with Crippen molar-refractivity contribution < 1.29 is 10.0 Å². The molecule has 82 valence electrons. The van der Waals surface area contributed by atoms with Gasteiger partial charge in [0.15, 0.2) is 6.20 Å². The van der Waals surface area contributed by atoms with Crippen molar-refractivity contribution in [3.05, 3.63) is 28.4 Å². The van der Waals surface area contributed by atoms with E-state index in [0.29, 0.717) is 5.69 Å². The normalized spacial score (nSPS) is 12.1. The van der Waals surface area contributed by atoms with Crippen LogP contribution in [0.4, 0.5) is 11.5 Å². The Hall–Kier alpha value is -1.69. The Morgan fingerprint density at radius 3 is 2.80 bits per heavy atom. The number of rotatable bonds is 5. The summed E-state index contributed by atoms with van der Waals surface area (Å²) in [6.07, 6.45) is 2.16. The molecule has 6 nitrogen and oxygen atoms in total. The molecule has 0 aliphatic heterocycles. The second kappa shape index (κ2) is 5.26. The van der Waals surface area contributed by atoms with Crippen molar-refractivity contribution in [2.75, 3.05) is 11.9 Å². The van der Waals surface area contributed by atoms with Crippen LogP contribution in [0.5, 0.6) is 0 Å². The van der Waals surface area contributed by atoms with E-state index < -0.39 is 4.92 Å². The molecular weight excluding hydrogens is 198 g/mol. The van der Waals surface area contributed by atoms with Crippen LogP contribution in [-0.2, 0) is 0 Å². The fourth-order valence-electron chi connectivity index (χ4n) is 1.09. The number of hydrogen-bond acceptors (Lipinski definition) is 5. The van der Waals surface area contributed by atoms with Crippen LogP contribution < -0.4 is 5.32 Å². The summed E-state index contributed by atoms with van der Waals surface area (Å²) < 4.78 is 0. The molecule has 1 heterocycles. The predicted octanol–water partition coefficient (Wildman–Crippen LogP) is 1.17. The standard InChI is InChI=1S/C9H13N3O3/c1-2-7(6-13)11-8-3-4-9(10-5-8)12(14)15/h3-5,7,11,13H,2,6H2,1H3. The number of nitrogens with one attached hydrogen (secondary N) is 1. The molecule has 1 atom stereocenters. The van der Waals surface area contributed by atoms with E-state index in [4.69, 9.17) is 5.11 Å². The van der Waals surface area contributed by atoms with E-state index in [1.54, 1.807) is 6.07 Å². The molecule has 2 N–H and O–H groups in total. The summed E-state index contributed by atoms with van der Waals surface area (Å²) in [6.45, 7) is 1.96. The van der Waals surface area contributed by atoms with Crippen LogP contribution in [-0.4, -0.2) is 27.7 Å². The monoisotopic (exact) mass is 211 g/mol. The lowest BCUT2D eigenvalue weighted by Crippen LogP contribution is -2.22. The van der Waals surface area contributed by atoms with E-state index in [1.807, 2.05) is 6.92 Å². The minimum atomic E-state index is -0.548. The third kappa shape index (κ3) is 3.17. The van der Waals surface area contributed by atoms with Crippen molar-refractivity contribution in [3.63, 3.8) is 0 Å². The number of aliphatic hydroxyl groups is 1. The fraction of sp³-hybridized carbons (Fsp3) is 0.444. The lowest BCUT2D eigenvalue weighted by Gasteiger charge is -2.13. The van der Waals surface area contributed by atoms with Gasteiger partial charge in [-0.3, -0.25) is 0 Å². The van der Waals surface area contributed by atoms with Crippen LogP contribution >= 0.6 is 0 Å². The predicted molar refractivity (Wildman–Crippen MR) is 55.7 cm³/mol. The Labute approximate surface area is 87.1 Å². The van der Waals surface area contributed by atoms with Gasteiger partial charge in [0, 0.05) is 12.1 Å². The molecule has 1 rings (SSSR count). The van der Waals surface area contributed by atoms with Gasteiger partial charge in [-0.05, 0) is 22.4 Å². The molecule has 0 saturated carbocycles. The van der Waals surface area contributed by atoms with E-state index in [0.717, 1.165) is 6.42 Å². The molecule has 0 aromatic carbocycles. The second-order valence-corrected chi connectivity index (χ2v) is 3.09. The van der Waals surface area contributed by atoms with Gasteiger partial charge in [-0.2, -0.15) is 0 Å². The summed E-state index contributed by atoms with van der Waals surface area (Å²) in [5.74, 6) is -0.183. The minimum absolute atomic E-state index is 0.0213. The van der Waals surface area contributed by atoms with Gasteiger partial charge in [0.05, 0.1) is 12.3 Å². The summed E-state index contributed by atoms with van der Waals surface area (Å²) in [7, 11) is 0. The molecule has 0 saturated heterocycles. The zero-order valence-electron chi connectivity index (χ0n) is 8.38. The molecule has 6 heteroatoms. The van der Waals surface area contributed by atoms with Gasteiger partial charge < -0.3 is 20.5 Å². The van der Waals surface area contributed by atoms with E-state index in [-0.39, 0.29) is 18.5 Å². The Bertz CT molecular complexity index is 322. The first kappa shape index (κ1) is 11.4. The summed E-state index contributed by atoms with van der Waals surface area (Å²) in [6, 6.07) is 2.85. The SMILES string of the molecule is CCC(CO)Nc1ccc([N+](=O)[O-])nc1. The Morgan fingerprint density at radius 2 is 2.40 bits per heavy atom. The van der Waals surface area contributed by atoms with Crippen LogP contribution in [0, 0.1) is 10.1 Å². The molecule has 1 unspecified atom stereocenters. The molecule has 0 aliphatic carbocycles. The topological polar surface area (TPSA) is 88.3 Å². The molecular formula is C9H13N3O3. The van der Waals surface area contributed by atoms with E-state index in [9.17, 15) is 10.1 Å². The molecule has 0 fully saturated rings. The Morgan fingerprint density at radius 1 is 1.67 bits per heavy atom. The van der Waals surface area contributed by atoms with Crippen molar-refractivity contribution in [2.24, 2.45) is 0 Å². The van der Waals surface area contributed by atoms with Crippen molar-refractivity contribution in [2.45, 2.75) is 19.4 Å². The molecule has 0 spiro atoms. The highest BCUT2D eigenvalue weighted by Gasteiger charge is 2.08. The maximum atomic E-state index is 10.3. The number of anilines is 1. The van der Waals surface area contributed by atoms with E-state index in [2.05, 4.69) is 10.3 Å². The van der Waals surface area contributed by atoms with Crippen LogP contribution in [0.3, 0.4) is 0 Å². The molecule has 1 aromatic heterocycles. The fourth-order valence-corrected chi connectivity index (χ4v) is 1.09. The first-order valence-corrected chi connectivity index (χ1v) is 4.65. The lowest BCUT2D eigenvalue weighted by atomic mass is 10.2. The number of aliphatic hydroxyl groups excluding tert-OH is 1. The zero-order chi connectivity index (χ0) is 11.3. The maximum Gasteiger partial charge on any atom is 0.363 e. The number of hydrogen-bond donors (Lipinski definition) is 2. The zero-order valence-corrected chi connectivity index (χ0v) is 8.38. The molecule has 15 heavy (non-hydrogen) atoms. The largest absolute Gasteiger partial charge is 0.394 e. The van der Waals surface area contributed by atoms with Gasteiger partial charge in [-0.15, -0.1) is 0 Å². The van der Waals surface area contributed by atoms with E-state index >= 15 is 0 Å². The van der Waals surface area contributed by atoms with Crippen molar-refractivity contribution >= 4 is 11.5 Å². The van der Waals surface area contributed by atoms with Crippen LogP contribution in [0.25, 0.3) is 0 Å². The van der Waals surface area contributed by atoms with Gasteiger partial charge in [-0.1, -0.05) is 6.92 Å². The molecule has 0 radical (unpaired) electrons. The number of pyridine rings is 1. The summed E-state index contributed by atoms with van der Waals surface area (Å²) in [5.41, 5.74) is 0.668. The van der Waals surface area contributed by atoms with Gasteiger partial charge in [0.25, 0.3) is 0 Å². The average molecular weight is 211 g/mol. The van der Waals surface area contributed by atoms with Crippen molar-refractivity contribution in [1.82, 2.24) is 4.98 Å². The average Bonchev–Trinajstić information content (AvgIpc) is 2.26. The third-order valence-corrected chi connectivity index (χ3v) is 2.02. The molecule has 1 aromatic rings. The first-order valence-electron chi connectivity index (χ1n) is 4.65. The second-order valence-electron chi connectivity index (χ2n) is 3.09. The molecule has 0 amide bonds. The minimum Gasteiger partial charge on any atom is -0.394 e. The number of nitro groups is 1. The van der Waals surface area contributed by atoms with Gasteiger partial charge in [0.1, 0.15) is 0 Å². The Kier molecular flexibility index (Phi) is 3.99. The van der Waals surface area contributed by atoms with E-state index in [1.165, 1.54) is 12.3 Å². The van der Waals surface area contributed by atoms with Gasteiger partial charge in [-0.25, -0.2) is 0 Å². The maximum absolute atomic E-state index is 10.3. The summed E-state index contributed by atoms with van der Waals surface area (Å²) in [5, 5.41) is 22.3. The number of nitrogens with zero attached hydrogens (tertiary/aromatic N) is 2. The highest BCUT2D eigenvalue weighted by molar-refractivity contribution is 5.44. The van der Waals surface area contributed by atoms with Crippen LogP contribution in [0.2, 0.25) is 0 Å². The van der Waals surface area contributed by atoms with Gasteiger partial charge in [0.2, 0.25) is 0 Å². The molecule has 0 bridgehead atoms. The Balaban J connectivity index is 2.67. The van der Waals surface area contributed by atoms with Crippen molar-refractivity contribution in [3.8, 4) is 0 Å². The first-order chi connectivity index (χ1) is 7.17. The van der Waals surface area contributed by atoms with Gasteiger partial charge >= 0.3 is 5.82 Å². The van der Waals surface area contributed by atoms with Crippen molar-refractivity contribution in [1.29, 1.82) is 0 Å². The number of aromatic nitrogens is 1.